The van der Waals surface area contributed by atoms with Crippen LogP contribution in [-0.2, 0) is 17.8 Å². The first kappa shape index (κ1) is 24.0. The third kappa shape index (κ3) is 6.08. The van der Waals surface area contributed by atoms with Gasteiger partial charge in [-0.3, -0.25) is 14.7 Å². The molecule has 6 nitrogen and oxygen atoms in total. The number of ether oxygens (including phenoxy) is 2. The first-order valence-corrected chi connectivity index (χ1v) is 12.4. The molecule has 4 aromatic rings. The molecule has 184 valence electrons. The van der Waals surface area contributed by atoms with Crippen LogP contribution in [0, 0.1) is 0 Å². The van der Waals surface area contributed by atoms with Gasteiger partial charge in [0.1, 0.15) is 12.4 Å². The highest BCUT2D eigenvalue weighted by Gasteiger charge is 2.20. The second-order valence-corrected chi connectivity index (χ2v) is 8.96. The van der Waals surface area contributed by atoms with Gasteiger partial charge in [0.15, 0.2) is 0 Å². The number of pyridine rings is 1. The monoisotopic (exact) mass is 481 g/mol. The zero-order valence-corrected chi connectivity index (χ0v) is 20.4. The predicted molar refractivity (Wildman–Crippen MR) is 141 cm³/mol. The van der Waals surface area contributed by atoms with Crippen molar-refractivity contribution in [2.45, 2.75) is 13.1 Å². The van der Waals surface area contributed by atoms with Crippen molar-refractivity contribution in [2.75, 3.05) is 39.5 Å². The molecule has 1 amide bonds. The Balaban J connectivity index is 1.34. The molecule has 1 aliphatic heterocycles. The van der Waals surface area contributed by atoms with Crippen LogP contribution in [0.25, 0.3) is 10.8 Å². The maximum atomic E-state index is 13.9. The summed E-state index contributed by atoms with van der Waals surface area (Å²) < 4.78 is 11.5. The largest absolute Gasteiger partial charge is 0.492 e. The number of hydrogen-bond donors (Lipinski definition) is 0. The van der Waals surface area contributed by atoms with Gasteiger partial charge < -0.3 is 14.4 Å². The Bertz CT molecular complexity index is 1280. The molecule has 0 atom stereocenters. The molecular formula is C30H31N3O3. The lowest BCUT2D eigenvalue weighted by molar-refractivity contribution is 0.0322. The van der Waals surface area contributed by atoms with E-state index in [1.54, 1.807) is 6.20 Å². The molecule has 1 aliphatic rings. The van der Waals surface area contributed by atoms with Crippen LogP contribution in [0.15, 0.2) is 91.1 Å². The predicted octanol–water partition coefficient (Wildman–Crippen LogP) is 4.79. The van der Waals surface area contributed by atoms with E-state index >= 15 is 0 Å². The van der Waals surface area contributed by atoms with Crippen LogP contribution in [0.2, 0.25) is 0 Å². The average molecular weight is 482 g/mol. The number of carbonyl (C=O) groups excluding carboxylic acids is 1. The van der Waals surface area contributed by atoms with Crippen molar-refractivity contribution < 1.29 is 14.3 Å². The summed E-state index contributed by atoms with van der Waals surface area (Å²) >= 11 is 0. The lowest BCUT2D eigenvalue weighted by Crippen LogP contribution is -2.38. The minimum Gasteiger partial charge on any atom is -0.492 e. The Kier molecular flexibility index (Phi) is 7.86. The van der Waals surface area contributed by atoms with E-state index in [9.17, 15) is 4.79 Å². The molecule has 0 radical (unpaired) electrons. The van der Waals surface area contributed by atoms with Gasteiger partial charge in [0.2, 0.25) is 0 Å². The topological polar surface area (TPSA) is 54.9 Å². The molecule has 0 bridgehead atoms. The zero-order chi connectivity index (χ0) is 24.6. The van der Waals surface area contributed by atoms with Gasteiger partial charge in [-0.05, 0) is 46.7 Å². The molecule has 0 unspecified atom stereocenters. The van der Waals surface area contributed by atoms with Gasteiger partial charge in [-0.15, -0.1) is 0 Å². The third-order valence-electron chi connectivity index (χ3n) is 6.44. The summed E-state index contributed by atoms with van der Waals surface area (Å²) in [7, 11) is 0. The molecule has 6 heteroatoms. The highest BCUT2D eigenvalue weighted by molar-refractivity contribution is 6.07. The second-order valence-electron chi connectivity index (χ2n) is 8.96. The van der Waals surface area contributed by atoms with Gasteiger partial charge in [0, 0.05) is 37.9 Å². The Labute approximate surface area is 212 Å². The van der Waals surface area contributed by atoms with Crippen LogP contribution in [-0.4, -0.2) is 60.1 Å². The van der Waals surface area contributed by atoms with Crippen LogP contribution in [0.3, 0.4) is 0 Å². The van der Waals surface area contributed by atoms with Gasteiger partial charge in [-0.25, -0.2) is 0 Å². The highest BCUT2D eigenvalue weighted by Crippen LogP contribution is 2.23. The number of morpholine rings is 1. The van der Waals surface area contributed by atoms with Crippen molar-refractivity contribution in [3.8, 4) is 5.75 Å². The Morgan fingerprint density at radius 3 is 2.58 bits per heavy atom. The number of rotatable bonds is 9. The number of hydrogen-bond acceptors (Lipinski definition) is 5. The summed E-state index contributed by atoms with van der Waals surface area (Å²) in [5.41, 5.74) is 2.56. The van der Waals surface area contributed by atoms with E-state index < -0.39 is 0 Å². The van der Waals surface area contributed by atoms with Crippen LogP contribution in [0.1, 0.15) is 21.6 Å². The average Bonchev–Trinajstić information content (AvgIpc) is 2.93. The minimum absolute atomic E-state index is 0.0175. The van der Waals surface area contributed by atoms with Gasteiger partial charge in [-0.1, -0.05) is 54.6 Å². The Hall–Kier alpha value is -3.74. The van der Waals surface area contributed by atoms with Crippen LogP contribution < -0.4 is 4.74 Å². The molecule has 0 N–H and O–H groups in total. The molecular weight excluding hydrogens is 450 g/mol. The van der Waals surface area contributed by atoms with Crippen LogP contribution >= 0.6 is 0 Å². The Morgan fingerprint density at radius 1 is 0.917 bits per heavy atom. The molecule has 0 saturated carbocycles. The van der Waals surface area contributed by atoms with Crippen molar-refractivity contribution in [3.05, 3.63) is 108 Å². The summed E-state index contributed by atoms with van der Waals surface area (Å²) in [6.45, 7) is 5.84. The summed E-state index contributed by atoms with van der Waals surface area (Å²) in [5, 5.41) is 2.01. The fourth-order valence-corrected chi connectivity index (χ4v) is 4.54. The number of benzene rings is 3. The molecule has 1 aromatic heterocycles. The maximum absolute atomic E-state index is 13.9. The van der Waals surface area contributed by atoms with Gasteiger partial charge in [0.25, 0.3) is 5.91 Å². The zero-order valence-electron chi connectivity index (χ0n) is 20.4. The van der Waals surface area contributed by atoms with Crippen molar-refractivity contribution in [3.63, 3.8) is 0 Å². The second kappa shape index (κ2) is 11.8. The number of carbonyl (C=O) groups is 1. The van der Waals surface area contributed by atoms with Gasteiger partial charge in [-0.2, -0.15) is 0 Å². The van der Waals surface area contributed by atoms with Crippen molar-refractivity contribution in [2.24, 2.45) is 0 Å². The summed E-state index contributed by atoms with van der Waals surface area (Å²) in [5.74, 6) is 0.798. The van der Waals surface area contributed by atoms with Crippen LogP contribution in [0.5, 0.6) is 5.75 Å². The molecule has 36 heavy (non-hydrogen) atoms. The quantitative estimate of drug-likeness (QED) is 0.344. The normalized spacial score (nSPS) is 14.0. The summed E-state index contributed by atoms with van der Waals surface area (Å²) in [4.78, 5) is 22.5. The first-order valence-electron chi connectivity index (χ1n) is 12.4. The first-order chi connectivity index (χ1) is 17.8. The third-order valence-corrected chi connectivity index (χ3v) is 6.44. The van der Waals surface area contributed by atoms with Crippen molar-refractivity contribution >= 4 is 16.7 Å². The maximum Gasteiger partial charge on any atom is 0.255 e. The fraction of sp³-hybridized carbons (Fsp3) is 0.267. The fourth-order valence-electron chi connectivity index (χ4n) is 4.54. The van der Waals surface area contributed by atoms with E-state index in [0.717, 1.165) is 60.6 Å². The Morgan fingerprint density at radius 2 is 1.72 bits per heavy atom. The molecule has 1 saturated heterocycles. The number of amides is 1. The van der Waals surface area contributed by atoms with Crippen LogP contribution in [0.4, 0.5) is 0 Å². The number of fused-ring (bicyclic) bond motifs is 1. The van der Waals surface area contributed by atoms with Crippen molar-refractivity contribution in [1.82, 2.24) is 14.8 Å². The van der Waals surface area contributed by atoms with E-state index in [1.165, 1.54) is 0 Å². The lowest BCUT2D eigenvalue weighted by Gasteiger charge is -2.26. The molecule has 2 heterocycles. The van der Waals surface area contributed by atoms with E-state index in [0.29, 0.717) is 25.3 Å². The summed E-state index contributed by atoms with van der Waals surface area (Å²) in [6, 6.07) is 27.7. The van der Waals surface area contributed by atoms with Crippen molar-refractivity contribution in [1.29, 1.82) is 0 Å². The highest BCUT2D eigenvalue weighted by atomic mass is 16.5. The number of nitrogens with zero attached hydrogens (tertiary/aromatic N) is 3. The molecule has 0 aliphatic carbocycles. The SMILES string of the molecule is O=C(c1cccc2ccccc12)N(Cc1cccc(OCCN2CCOCC2)c1)Cc1ccccn1. The smallest absolute Gasteiger partial charge is 0.255 e. The number of aromatic nitrogens is 1. The minimum atomic E-state index is -0.0175. The van der Waals surface area contributed by atoms with E-state index in [4.69, 9.17) is 9.47 Å². The van der Waals surface area contributed by atoms with E-state index in [2.05, 4.69) is 9.88 Å². The molecule has 5 rings (SSSR count). The molecule has 1 fully saturated rings. The lowest BCUT2D eigenvalue weighted by atomic mass is 10.0. The molecule has 3 aromatic carbocycles. The summed E-state index contributed by atoms with van der Waals surface area (Å²) in [6.07, 6.45) is 1.76. The van der Waals surface area contributed by atoms with Gasteiger partial charge >= 0.3 is 0 Å². The van der Waals surface area contributed by atoms with E-state index in [1.807, 2.05) is 89.8 Å². The standard InChI is InChI=1S/C30H31N3O3/c34-30(29-13-6-9-25-8-1-2-12-28(25)29)33(23-26-10-3-4-14-31-26)22-24-7-5-11-27(21-24)36-20-17-32-15-18-35-19-16-32/h1-14,21H,15-20,22-23H2. The molecule has 0 spiro atoms. The van der Waals surface area contributed by atoms with Gasteiger partial charge in [0.05, 0.1) is 25.5 Å². The van der Waals surface area contributed by atoms with E-state index in [-0.39, 0.29) is 5.91 Å².